The first kappa shape index (κ1) is 22.1. The molecule has 2 atom stereocenters. The maximum Gasteiger partial charge on any atom is 0.303 e. The molecule has 1 heterocycles. The Morgan fingerprint density at radius 3 is 2.20 bits per heavy atom. The minimum atomic E-state index is -0.744. The Bertz CT molecular complexity index is 958. The molecule has 3 rings (SSSR count). The molecule has 3 aromatic rings. The molecule has 0 spiro atoms. The Labute approximate surface area is 185 Å². The second kappa shape index (κ2) is 9.49. The summed E-state index contributed by atoms with van der Waals surface area (Å²) in [5.74, 6) is 0.426. The predicted molar refractivity (Wildman–Crippen MR) is 117 cm³/mol. The summed E-state index contributed by atoms with van der Waals surface area (Å²) < 4.78 is 13.4. The van der Waals surface area contributed by atoms with Crippen LogP contribution in [0.5, 0.6) is 5.75 Å². The van der Waals surface area contributed by atoms with Crippen LogP contribution in [-0.2, 0) is 9.53 Å². The van der Waals surface area contributed by atoms with Crippen LogP contribution < -0.4 is 4.74 Å². The number of halogens is 2. The minimum absolute atomic E-state index is 0.259. The van der Waals surface area contributed by atoms with Gasteiger partial charge in [-0.1, -0.05) is 49.7 Å². The van der Waals surface area contributed by atoms with E-state index < -0.39 is 23.7 Å². The molecule has 2 aromatic carbocycles. The van der Waals surface area contributed by atoms with Crippen molar-refractivity contribution in [3.05, 3.63) is 66.2 Å². The molecule has 0 aliphatic heterocycles. The fraction of sp³-hybridized carbons (Fsp3) is 0.318. The first-order valence-electron chi connectivity index (χ1n) is 9.40. The maximum atomic E-state index is 11.8. The van der Waals surface area contributed by atoms with E-state index in [4.69, 9.17) is 32.7 Å². The van der Waals surface area contributed by atoms with Crippen molar-refractivity contribution in [2.45, 2.75) is 33.1 Å². The van der Waals surface area contributed by atoms with Gasteiger partial charge in [-0.25, -0.2) is 9.67 Å². The smallest absolute Gasteiger partial charge is 0.303 e. The zero-order valence-electron chi connectivity index (χ0n) is 17.0. The Morgan fingerprint density at radius 1 is 1.10 bits per heavy atom. The summed E-state index contributed by atoms with van der Waals surface area (Å²) in [6, 6.07) is 15.2. The van der Waals surface area contributed by atoms with Crippen LogP contribution in [0.2, 0.25) is 5.02 Å². The van der Waals surface area contributed by atoms with E-state index in [9.17, 15) is 4.79 Å². The van der Waals surface area contributed by atoms with Gasteiger partial charge in [-0.2, -0.15) is 5.10 Å². The molecule has 0 N–H and O–H groups in total. The molecule has 0 fully saturated rings. The SMILES string of the molecule is CC(=O)OC(C(Oc1ccc(-c2ccc(Cl)cc2)cc1)n1cncn1)C(C)(C)CCl. The average Bonchev–Trinajstić information content (AvgIpc) is 3.26. The van der Waals surface area contributed by atoms with Gasteiger partial charge in [0.25, 0.3) is 0 Å². The van der Waals surface area contributed by atoms with E-state index in [-0.39, 0.29) is 5.88 Å². The van der Waals surface area contributed by atoms with Gasteiger partial charge in [0.2, 0.25) is 6.23 Å². The number of carbonyl (C=O) groups is 1. The highest BCUT2D eigenvalue weighted by Crippen LogP contribution is 2.35. The Kier molecular flexibility index (Phi) is 7.00. The normalized spacial score (nSPS) is 13.5. The summed E-state index contributed by atoms with van der Waals surface area (Å²) in [5.41, 5.74) is 1.49. The third-order valence-corrected chi connectivity index (χ3v) is 5.59. The van der Waals surface area contributed by atoms with E-state index in [1.54, 1.807) is 0 Å². The molecule has 0 aliphatic rings. The molecule has 30 heavy (non-hydrogen) atoms. The summed E-state index contributed by atoms with van der Waals surface area (Å²) in [6.45, 7) is 5.17. The summed E-state index contributed by atoms with van der Waals surface area (Å²) in [6.07, 6.45) is 1.49. The van der Waals surface area contributed by atoms with Crippen molar-refractivity contribution in [3.63, 3.8) is 0 Å². The van der Waals surface area contributed by atoms with Crippen LogP contribution >= 0.6 is 23.2 Å². The lowest BCUT2D eigenvalue weighted by Gasteiger charge is -2.36. The molecular formula is C22H23Cl2N3O3. The van der Waals surface area contributed by atoms with Crippen molar-refractivity contribution >= 4 is 29.2 Å². The number of ether oxygens (including phenoxy) is 2. The van der Waals surface area contributed by atoms with Gasteiger partial charge in [0, 0.05) is 23.2 Å². The molecule has 0 bridgehead atoms. The second-order valence-corrected chi connectivity index (χ2v) is 8.27. The average molecular weight is 448 g/mol. The number of carbonyl (C=O) groups excluding carboxylic acids is 1. The van der Waals surface area contributed by atoms with Gasteiger partial charge in [0.15, 0.2) is 6.10 Å². The molecule has 158 valence electrons. The highest BCUT2D eigenvalue weighted by atomic mass is 35.5. The summed E-state index contributed by atoms with van der Waals surface area (Å²) in [7, 11) is 0. The summed E-state index contributed by atoms with van der Waals surface area (Å²) in [4.78, 5) is 15.8. The zero-order valence-corrected chi connectivity index (χ0v) is 18.5. The Balaban J connectivity index is 1.90. The van der Waals surface area contributed by atoms with Crippen LogP contribution in [0.25, 0.3) is 11.1 Å². The van der Waals surface area contributed by atoms with Crippen LogP contribution in [0, 0.1) is 5.41 Å². The van der Waals surface area contributed by atoms with E-state index in [2.05, 4.69) is 10.1 Å². The molecule has 8 heteroatoms. The Hall–Kier alpha value is -2.57. The number of rotatable bonds is 8. The minimum Gasteiger partial charge on any atom is -0.465 e. The quantitative estimate of drug-likeness (QED) is 0.342. The number of hydrogen-bond donors (Lipinski definition) is 0. The van der Waals surface area contributed by atoms with Crippen molar-refractivity contribution < 1.29 is 14.3 Å². The number of hydrogen-bond acceptors (Lipinski definition) is 5. The topological polar surface area (TPSA) is 66.2 Å². The number of nitrogens with zero attached hydrogens (tertiary/aromatic N) is 3. The maximum absolute atomic E-state index is 11.8. The summed E-state index contributed by atoms with van der Waals surface area (Å²) in [5, 5.41) is 4.88. The van der Waals surface area contributed by atoms with E-state index in [1.807, 2.05) is 62.4 Å². The highest BCUT2D eigenvalue weighted by Gasteiger charge is 2.41. The number of aromatic nitrogens is 3. The van der Waals surface area contributed by atoms with Gasteiger partial charge in [0.05, 0.1) is 0 Å². The van der Waals surface area contributed by atoms with E-state index in [0.717, 1.165) is 11.1 Å². The van der Waals surface area contributed by atoms with Gasteiger partial charge in [-0.3, -0.25) is 4.79 Å². The lowest BCUT2D eigenvalue weighted by atomic mass is 9.87. The van der Waals surface area contributed by atoms with Crippen LogP contribution in [0.1, 0.15) is 27.0 Å². The largest absolute Gasteiger partial charge is 0.465 e. The highest BCUT2D eigenvalue weighted by molar-refractivity contribution is 6.30. The fourth-order valence-corrected chi connectivity index (χ4v) is 3.25. The standard InChI is InChI=1S/C22H23Cl2N3O3/c1-15(28)29-20(22(2,3)12-23)21(27-14-25-13-26-27)30-19-10-6-17(7-11-19)16-4-8-18(24)9-5-16/h4-11,13-14,20-21H,12H2,1-3H3. The first-order chi connectivity index (χ1) is 14.3. The zero-order chi connectivity index (χ0) is 21.7. The molecule has 2 unspecified atom stereocenters. The van der Waals surface area contributed by atoms with Crippen LogP contribution in [-0.4, -0.2) is 32.7 Å². The predicted octanol–water partition coefficient (Wildman–Crippen LogP) is 5.37. The molecule has 0 radical (unpaired) electrons. The molecule has 0 aliphatic carbocycles. The van der Waals surface area contributed by atoms with Crippen molar-refractivity contribution in [3.8, 4) is 16.9 Å². The lowest BCUT2D eigenvalue weighted by molar-refractivity contribution is -0.166. The number of benzene rings is 2. The van der Waals surface area contributed by atoms with Crippen molar-refractivity contribution in [1.29, 1.82) is 0 Å². The van der Waals surface area contributed by atoms with Crippen LogP contribution in [0.4, 0.5) is 0 Å². The van der Waals surface area contributed by atoms with E-state index in [0.29, 0.717) is 10.8 Å². The third kappa shape index (κ3) is 5.32. The van der Waals surface area contributed by atoms with Gasteiger partial charge < -0.3 is 9.47 Å². The van der Waals surface area contributed by atoms with Gasteiger partial charge in [0.1, 0.15) is 18.4 Å². The van der Waals surface area contributed by atoms with Crippen molar-refractivity contribution in [1.82, 2.24) is 14.8 Å². The van der Waals surface area contributed by atoms with Gasteiger partial charge >= 0.3 is 5.97 Å². The number of alkyl halides is 1. The number of esters is 1. The lowest BCUT2D eigenvalue weighted by Crippen LogP contribution is -2.44. The second-order valence-electron chi connectivity index (χ2n) is 7.57. The van der Waals surface area contributed by atoms with Gasteiger partial charge in [-0.15, -0.1) is 11.6 Å². The van der Waals surface area contributed by atoms with E-state index in [1.165, 1.54) is 24.3 Å². The monoisotopic (exact) mass is 447 g/mol. The molecule has 0 amide bonds. The van der Waals surface area contributed by atoms with Crippen LogP contribution in [0.15, 0.2) is 61.2 Å². The van der Waals surface area contributed by atoms with E-state index >= 15 is 0 Å². The first-order valence-corrected chi connectivity index (χ1v) is 10.3. The fourth-order valence-electron chi connectivity index (χ4n) is 2.97. The van der Waals surface area contributed by atoms with Crippen LogP contribution in [0.3, 0.4) is 0 Å². The molecule has 0 saturated carbocycles. The molecule has 6 nitrogen and oxygen atoms in total. The summed E-state index contributed by atoms with van der Waals surface area (Å²) >= 11 is 12.1. The molecule has 0 saturated heterocycles. The van der Waals surface area contributed by atoms with Crippen molar-refractivity contribution in [2.24, 2.45) is 5.41 Å². The molecular weight excluding hydrogens is 425 g/mol. The Morgan fingerprint density at radius 2 is 1.70 bits per heavy atom. The van der Waals surface area contributed by atoms with Gasteiger partial charge in [-0.05, 0) is 35.4 Å². The third-order valence-electron chi connectivity index (χ3n) is 4.65. The molecule has 1 aromatic heterocycles. The van der Waals surface area contributed by atoms with Crippen molar-refractivity contribution in [2.75, 3.05) is 5.88 Å².